The Kier molecular flexibility index (Phi) is 3.78. The van der Waals surface area contributed by atoms with Crippen LogP contribution in [0, 0.1) is 0 Å². The zero-order valence-electron chi connectivity index (χ0n) is 8.70. The van der Waals surface area contributed by atoms with E-state index in [4.69, 9.17) is 22.7 Å². The molecule has 1 aromatic rings. The molecule has 0 bridgehead atoms. The second kappa shape index (κ2) is 5.12. The Hall–Kier alpha value is -0.650. The number of hydrogen-bond acceptors (Lipinski definition) is 3. The van der Waals surface area contributed by atoms with Gasteiger partial charge in [-0.3, -0.25) is 0 Å². The second-order valence-electron chi connectivity index (χ2n) is 3.76. The lowest BCUT2D eigenvalue weighted by Crippen LogP contribution is -2.22. The lowest BCUT2D eigenvalue weighted by molar-refractivity contribution is 0.195. The van der Waals surface area contributed by atoms with E-state index in [0.717, 1.165) is 35.4 Å². The van der Waals surface area contributed by atoms with Gasteiger partial charge in [0.1, 0.15) is 4.99 Å². The summed E-state index contributed by atoms with van der Waals surface area (Å²) < 4.78 is 6.33. The van der Waals surface area contributed by atoms with Gasteiger partial charge in [-0.05, 0) is 24.6 Å². The Morgan fingerprint density at radius 3 is 3.00 bits per heavy atom. The van der Waals surface area contributed by atoms with E-state index in [0.29, 0.717) is 11.0 Å². The van der Waals surface area contributed by atoms with Crippen LogP contribution in [-0.2, 0) is 4.74 Å². The number of nitrogens with one attached hydrogen (secondary N) is 1. The minimum absolute atomic E-state index is 0.349. The molecular formula is C11H13BrN2OS. The fourth-order valence-electron chi connectivity index (χ4n) is 1.72. The monoisotopic (exact) mass is 300 g/mol. The zero-order chi connectivity index (χ0) is 11.5. The summed E-state index contributed by atoms with van der Waals surface area (Å²) in [5.74, 6) is 0. The highest BCUT2D eigenvalue weighted by atomic mass is 79.9. The third kappa shape index (κ3) is 2.72. The van der Waals surface area contributed by atoms with Crippen molar-refractivity contribution in [3.63, 3.8) is 0 Å². The molecule has 16 heavy (non-hydrogen) atoms. The Morgan fingerprint density at radius 2 is 2.38 bits per heavy atom. The van der Waals surface area contributed by atoms with Gasteiger partial charge in [0.15, 0.2) is 0 Å². The predicted molar refractivity (Wildman–Crippen MR) is 72.9 cm³/mol. The molecule has 3 N–H and O–H groups in total. The first-order valence-electron chi connectivity index (χ1n) is 5.10. The summed E-state index contributed by atoms with van der Waals surface area (Å²) in [5.41, 5.74) is 7.53. The van der Waals surface area contributed by atoms with E-state index in [9.17, 15) is 0 Å². The molecule has 1 atom stereocenters. The minimum atomic E-state index is 0.349. The molecule has 0 saturated carbocycles. The Bertz CT molecular complexity index is 405. The fraction of sp³-hybridized carbons (Fsp3) is 0.364. The molecule has 0 spiro atoms. The van der Waals surface area contributed by atoms with Crippen molar-refractivity contribution in [3.05, 3.63) is 28.2 Å². The van der Waals surface area contributed by atoms with Crippen molar-refractivity contribution in [2.24, 2.45) is 5.73 Å². The highest BCUT2D eigenvalue weighted by molar-refractivity contribution is 9.10. The third-order valence-corrected chi connectivity index (χ3v) is 3.25. The summed E-state index contributed by atoms with van der Waals surface area (Å²) in [6.07, 6.45) is 1.02. The Balaban J connectivity index is 2.22. The third-order valence-electron chi connectivity index (χ3n) is 2.54. The second-order valence-corrected chi connectivity index (χ2v) is 5.11. The molecule has 2 rings (SSSR count). The highest BCUT2D eigenvalue weighted by Crippen LogP contribution is 2.23. The van der Waals surface area contributed by atoms with Gasteiger partial charge in [-0.15, -0.1) is 0 Å². The quantitative estimate of drug-likeness (QED) is 0.841. The predicted octanol–water partition coefficient (Wildman–Crippen LogP) is 2.28. The van der Waals surface area contributed by atoms with Gasteiger partial charge < -0.3 is 15.8 Å². The lowest BCUT2D eigenvalue weighted by atomic mass is 10.1. The van der Waals surface area contributed by atoms with E-state index in [1.807, 2.05) is 18.2 Å². The Morgan fingerprint density at radius 1 is 1.56 bits per heavy atom. The van der Waals surface area contributed by atoms with Crippen molar-refractivity contribution in [1.82, 2.24) is 0 Å². The average molecular weight is 301 g/mol. The first-order chi connectivity index (χ1) is 7.66. The van der Waals surface area contributed by atoms with Gasteiger partial charge in [-0.1, -0.05) is 28.1 Å². The van der Waals surface area contributed by atoms with Crippen LogP contribution in [0.4, 0.5) is 5.69 Å². The van der Waals surface area contributed by atoms with Crippen LogP contribution in [0.2, 0.25) is 0 Å². The number of benzene rings is 1. The molecule has 0 aliphatic carbocycles. The fourth-order valence-corrected chi connectivity index (χ4v) is 2.26. The van der Waals surface area contributed by atoms with Gasteiger partial charge in [0.05, 0.1) is 12.6 Å². The number of ether oxygens (including phenoxy) is 1. The first-order valence-corrected chi connectivity index (χ1v) is 6.30. The topological polar surface area (TPSA) is 47.3 Å². The highest BCUT2D eigenvalue weighted by Gasteiger charge is 2.17. The van der Waals surface area contributed by atoms with Crippen molar-refractivity contribution in [2.45, 2.75) is 12.5 Å². The molecular weight excluding hydrogens is 288 g/mol. The van der Waals surface area contributed by atoms with Gasteiger partial charge >= 0.3 is 0 Å². The summed E-state index contributed by atoms with van der Waals surface area (Å²) in [4.78, 5) is 0.411. The molecule has 1 aromatic carbocycles. The van der Waals surface area contributed by atoms with Crippen molar-refractivity contribution >= 4 is 38.8 Å². The van der Waals surface area contributed by atoms with Crippen molar-refractivity contribution in [1.29, 1.82) is 0 Å². The Labute approximate surface area is 108 Å². The normalized spacial score (nSPS) is 19.7. The summed E-state index contributed by atoms with van der Waals surface area (Å²) in [5, 5.41) is 3.41. The molecule has 1 fully saturated rings. The van der Waals surface area contributed by atoms with Crippen LogP contribution < -0.4 is 11.1 Å². The number of nitrogens with two attached hydrogens (primary N) is 1. The lowest BCUT2D eigenvalue weighted by Gasteiger charge is -2.16. The number of rotatable bonds is 3. The van der Waals surface area contributed by atoms with Gasteiger partial charge in [-0.2, -0.15) is 0 Å². The molecule has 0 radical (unpaired) electrons. The number of hydrogen-bond donors (Lipinski definition) is 2. The number of halogens is 1. The maximum atomic E-state index is 5.68. The van der Waals surface area contributed by atoms with Crippen molar-refractivity contribution in [3.8, 4) is 0 Å². The smallest absolute Gasteiger partial charge is 0.106 e. The van der Waals surface area contributed by atoms with E-state index in [1.54, 1.807) is 0 Å². The summed E-state index contributed by atoms with van der Waals surface area (Å²) in [6.45, 7) is 1.55. The average Bonchev–Trinajstić information content (AvgIpc) is 2.70. The van der Waals surface area contributed by atoms with Gasteiger partial charge in [-0.25, -0.2) is 0 Å². The summed E-state index contributed by atoms with van der Waals surface area (Å²) in [7, 11) is 0. The zero-order valence-corrected chi connectivity index (χ0v) is 11.1. The van der Waals surface area contributed by atoms with E-state index in [1.165, 1.54) is 0 Å². The molecule has 1 heterocycles. The molecule has 3 nitrogen and oxygen atoms in total. The SMILES string of the molecule is NC(=S)c1ccc(Br)cc1NC1CCOC1. The van der Waals surface area contributed by atoms with E-state index >= 15 is 0 Å². The minimum Gasteiger partial charge on any atom is -0.389 e. The molecule has 0 aromatic heterocycles. The van der Waals surface area contributed by atoms with Crippen LogP contribution in [0.25, 0.3) is 0 Å². The standard InChI is InChI=1S/C11H13BrN2OS/c12-7-1-2-9(11(13)16)10(5-7)14-8-3-4-15-6-8/h1-2,5,8,14H,3-4,6H2,(H2,13,16). The molecule has 1 saturated heterocycles. The van der Waals surface area contributed by atoms with Crippen LogP contribution in [0.5, 0.6) is 0 Å². The van der Waals surface area contributed by atoms with Crippen molar-refractivity contribution < 1.29 is 4.74 Å². The summed E-state index contributed by atoms with van der Waals surface area (Å²) in [6, 6.07) is 6.20. The molecule has 0 amide bonds. The van der Waals surface area contributed by atoms with Crippen LogP contribution in [0.1, 0.15) is 12.0 Å². The molecule has 5 heteroatoms. The van der Waals surface area contributed by atoms with E-state index < -0.39 is 0 Å². The first kappa shape index (κ1) is 11.8. The molecule has 86 valence electrons. The molecule has 1 aliphatic heterocycles. The maximum Gasteiger partial charge on any atom is 0.106 e. The van der Waals surface area contributed by atoms with Crippen LogP contribution in [-0.4, -0.2) is 24.2 Å². The summed E-state index contributed by atoms with van der Waals surface area (Å²) >= 11 is 8.46. The van der Waals surface area contributed by atoms with Gasteiger partial charge in [0, 0.05) is 22.3 Å². The largest absolute Gasteiger partial charge is 0.389 e. The van der Waals surface area contributed by atoms with Crippen molar-refractivity contribution in [2.75, 3.05) is 18.5 Å². The molecule has 1 unspecified atom stereocenters. The number of anilines is 1. The maximum absolute atomic E-state index is 5.68. The van der Waals surface area contributed by atoms with Crippen LogP contribution in [0.15, 0.2) is 22.7 Å². The van der Waals surface area contributed by atoms with Gasteiger partial charge in [0.2, 0.25) is 0 Å². The van der Waals surface area contributed by atoms with Crippen LogP contribution >= 0.6 is 28.1 Å². The molecule has 1 aliphatic rings. The van der Waals surface area contributed by atoms with Gasteiger partial charge in [0.25, 0.3) is 0 Å². The van der Waals surface area contributed by atoms with Crippen LogP contribution in [0.3, 0.4) is 0 Å². The number of thiocarbonyl (C=S) groups is 1. The van der Waals surface area contributed by atoms with E-state index in [2.05, 4.69) is 21.2 Å². The van der Waals surface area contributed by atoms with E-state index in [-0.39, 0.29) is 0 Å².